The Morgan fingerprint density at radius 3 is 2.37 bits per heavy atom. The third kappa shape index (κ3) is 3.80. The van der Waals surface area contributed by atoms with Crippen LogP contribution in [-0.2, 0) is 20.9 Å². The van der Waals surface area contributed by atoms with Crippen molar-refractivity contribution < 1.29 is 24.3 Å². The number of likely N-dealkylation sites (tertiary alicyclic amines) is 1. The topological polar surface area (TPSA) is 152 Å². The van der Waals surface area contributed by atoms with Crippen LogP contribution in [0.25, 0.3) is 0 Å². The van der Waals surface area contributed by atoms with E-state index in [1.54, 1.807) is 48.5 Å². The summed E-state index contributed by atoms with van der Waals surface area (Å²) in [6.07, 6.45) is 0. The Bertz CT molecular complexity index is 1430. The Morgan fingerprint density at radius 1 is 1.00 bits per heavy atom. The summed E-state index contributed by atoms with van der Waals surface area (Å²) in [5.74, 6) is -4.08. The molecule has 1 saturated heterocycles. The predicted molar refractivity (Wildman–Crippen MR) is 128 cm³/mol. The van der Waals surface area contributed by atoms with E-state index in [-0.39, 0.29) is 12.3 Å². The molecule has 35 heavy (non-hydrogen) atoms. The van der Waals surface area contributed by atoms with E-state index >= 15 is 0 Å². The first-order valence-electron chi connectivity index (χ1n) is 10.5. The SMILES string of the molecule is NC(=O)N1C(=O)C2Sc3c(sc(=O)n3CC(=O)Nc3ccccc3)[C@@H](c3ccccc3O)C2C1=O. The number of phenols is 1. The molecule has 10 nitrogen and oxygen atoms in total. The lowest BCUT2D eigenvalue weighted by Gasteiger charge is -2.31. The number of imide groups is 3. The van der Waals surface area contributed by atoms with Gasteiger partial charge in [-0.15, -0.1) is 0 Å². The highest BCUT2D eigenvalue weighted by Gasteiger charge is 2.58. The molecular weight excluding hydrogens is 492 g/mol. The van der Waals surface area contributed by atoms with Gasteiger partial charge in [-0.1, -0.05) is 59.5 Å². The second kappa shape index (κ2) is 8.71. The molecule has 0 saturated carbocycles. The van der Waals surface area contributed by atoms with Gasteiger partial charge in [0.2, 0.25) is 11.8 Å². The number of primary amides is 1. The van der Waals surface area contributed by atoms with Crippen molar-refractivity contribution in [3.05, 3.63) is 74.7 Å². The highest BCUT2D eigenvalue weighted by atomic mass is 32.2. The van der Waals surface area contributed by atoms with Crippen molar-refractivity contribution in [2.24, 2.45) is 11.7 Å². The fraction of sp³-hybridized carbons (Fsp3) is 0.174. The number of nitrogens with zero attached hydrogens (tertiary/aromatic N) is 2. The highest BCUT2D eigenvalue weighted by Crippen LogP contribution is 2.54. The van der Waals surface area contributed by atoms with Crippen LogP contribution in [0.5, 0.6) is 5.75 Å². The fourth-order valence-electron chi connectivity index (χ4n) is 4.42. The molecule has 0 bridgehead atoms. The number of phenolic OH excluding ortho intramolecular Hbond substituents is 1. The van der Waals surface area contributed by atoms with E-state index < -0.39 is 45.7 Å². The molecule has 1 aromatic heterocycles. The Labute approximate surface area is 206 Å². The van der Waals surface area contributed by atoms with E-state index in [0.29, 0.717) is 26.1 Å². The number of thioether (sulfide) groups is 1. The number of carbonyl (C=O) groups is 4. The van der Waals surface area contributed by atoms with Gasteiger partial charge in [-0.3, -0.25) is 23.7 Å². The van der Waals surface area contributed by atoms with Crippen molar-refractivity contribution in [2.45, 2.75) is 22.7 Å². The predicted octanol–water partition coefficient (Wildman–Crippen LogP) is 1.92. The molecule has 2 aliphatic heterocycles. The second-order valence-corrected chi connectivity index (χ2v) is 10.1. The summed E-state index contributed by atoms with van der Waals surface area (Å²) in [6, 6.07) is 13.8. The smallest absolute Gasteiger partial charge is 0.328 e. The van der Waals surface area contributed by atoms with Crippen LogP contribution in [0.15, 0.2) is 64.4 Å². The average Bonchev–Trinajstić information content (AvgIpc) is 3.26. The molecule has 3 heterocycles. The lowest BCUT2D eigenvalue weighted by atomic mass is 9.82. The molecule has 12 heteroatoms. The normalized spacial score (nSPS) is 20.9. The van der Waals surface area contributed by atoms with Crippen molar-refractivity contribution in [1.82, 2.24) is 9.47 Å². The monoisotopic (exact) mass is 510 g/mol. The molecule has 2 aliphatic rings. The molecule has 4 N–H and O–H groups in total. The molecule has 0 spiro atoms. The molecule has 5 amide bonds. The molecule has 0 radical (unpaired) electrons. The fourth-order valence-corrected chi connectivity index (χ4v) is 7.19. The van der Waals surface area contributed by atoms with Gasteiger partial charge in [-0.2, -0.15) is 4.90 Å². The number of rotatable bonds is 4. The minimum atomic E-state index is -1.19. The van der Waals surface area contributed by atoms with Gasteiger partial charge in [0.1, 0.15) is 17.5 Å². The van der Waals surface area contributed by atoms with E-state index in [0.717, 1.165) is 23.1 Å². The summed E-state index contributed by atoms with van der Waals surface area (Å²) in [5.41, 5.74) is 6.19. The van der Waals surface area contributed by atoms with Crippen molar-refractivity contribution >= 4 is 52.5 Å². The van der Waals surface area contributed by atoms with Crippen LogP contribution in [-0.4, -0.2) is 43.6 Å². The molecule has 3 atom stereocenters. The number of carbonyl (C=O) groups excluding carboxylic acids is 4. The quantitative estimate of drug-likeness (QED) is 0.454. The molecule has 2 aromatic carbocycles. The second-order valence-electron chi connectivity index (χ2n) is 7.99. The number of anilines is 1. The lowest BCUT2D eigenvalue weighted by Crippen LogP contribution is -2.41. The molecule has 2 unspecified atom stereocenters. The van der Waals surface area contributed by atoms with Gasteiger partial charge in [0.05, 0.1) is 10.9 Å². The van der Waals surface area contributed by atoms with Crippen LogP contribution < -0.4 is 15.9 Å². The first-order valence-corrected chi connectivity index (χ1v) is 12.2. The number of hydrogen-bond donors (Lipinski definition) is 3. The first-order chi connectivity index (χ1) is 16.8. The van der Waals surface area contributed by atoms with E-state index in [1.807, 2.05) is 0 Å². The van der Waals surface area contributed by atoms with Crippen molar-refractivity contribution in [1.29, 1.82) is 0 Å². The lowest BCUT2D eigenvalue weighted by molar-refractivity contribution is -0.135. The highest BCUT2D eigenvalue weighted by molar-refractivity contribution is 8.00. The van der Waals surface area contributed by atoms with Crippen molar-refractivity contribution in [2.75, 3.05) is 5.32 Å². The Morgan fingerprint density at radius 2 is 1.69 bits per heavy atom. The maximum absolute atomic E-state index is 13.1. The Hall–Kier alpha value is -3.90. The molecule has 0 aliphatic carbocycles. The number of thiazole rings is 1. The van der Waals surface area contributed by atoms with Gasteiger partial charge in [-0.25, -0.2) is 4.79 Å². The summed E-state index contributed by atoms with van der Waals surface area (Å²) < 4.78 is 1.25. The van der Waals surface area contributed by atoms with Crippen LogP contribution in [0.4, 0.5) is 10.5 Å². The van der Waals surface area contributed by atoms with E-state index in [9.17, 15) is 29.1 Å². The van der Waals surface area contributed by atoms with Gasteiger partial charge >= 0.3 is 10.9 Å². The zero-order valence-corrected chi connectivity index (χ0v) is 19.5. The van der Waals surface area contributed by atoms with Crippen molar-refractivity contribution in [3.63, 3.8) is 0 Å². The number of nitrogens with one attached hydrogen (secondary N) is 1. The number of aromatic nitrogens is 1. The maximum Gasteiger partial charge on any atom is 0.328 e. The molecular formula is C23H18N4O6S2. The number of amides is 5. The van der Waals surface area contributed by atoms with E-state index in [2.05, 4.69) is 5.32 Å². The minimum Gasteiger partial charge on any atom is -0.508 e. The third-order valence-electron chi connectivity index (χ3n) is 5.90. The number of aromatic hydroxyl groups is 1. The third-order valence-corrected chi connectivity index (χ3v) is 8.50. The summed E-state index contributed by atoms with van der Waals surface area (Å²) in [6.45, 7) is -0.320. The van der Waals surface area contributed by atoms with Crippen LogP contribution in [0.2, 0.25) is 0 Å². The molecule has 178 valence electrons. The van der Waals surface area contributed by atoms with Gasteiger partial charge < -0.3 is 16.2 Å². The Kier molecular flexibility index (Phi) is 5.69. The number of hydrogen-bond acceptors (Lipinski definition) is 8. The molecule has 1 fully saturated rings. The van der Waals surface area contributed by atoms with Gasteiger partial charge in [0.15, 0.2) is 0 Å². The van der Waals surface area contributed by atoms with Gasteiger partial charge in [-0.05, 0) is 18.2 Å². The number of nitrogens with two attached hydrogens (primary N) is 1. The maximum atomic E-state index is 13.1. The Balaban J connectivity index is 1.59. The first kappa shape index (κ1) is 22.9. The minimum absolute atomic E-state index is 0.124. The number of para-hydroxylation sites is 2. The van der Waals surface area contributed by atoms with E-state index in [1.165, 1.54) is 10.6 Å². The molecule has 3 aromatic rings. The van der Waals surface area contributed by atoms with Crippen LogP contribution in [0, 0.1) is 5.92 Å². The zero-order chi connectivity index (χ0) is 24.9. The van der Waals surface area contributed by atoms with Gasteiger partial charge in [0.25, 0.3) is 5.91 Å². The van der Waals surface area contributed by atoms with Crippen LogP contribution in [0.1, 0.15) is 16.4 Å². The number of fused-ring (bicyclic) bond motifs is 2. The molecule has 5 rings (SSSR count). The van der Waals surface area contributed by atoms with Crippen LogP contribution >= 0.6 is 23.1 Å². The average molecular weight is 511 g/mol. The summed E-state index contributed by atoms with van der Waals surface area (Å²) in [4.78, 5) is 64.1. The van der Waals surface area contributed by atoms with E-state index in [4.69, 9.17) is 5.73 Å². The van der Waals surface area contributed by atoms with Gasteiger partial charge in [0, 0.05) is 22.0 Å². The summed E-state index contributed by atoms with van der Waals surface area (Å²) >= 11 is 1.79. The summed E-state index contributed by atoms with van der Waals surface area (Å²) in [5, 5.41) is 12.6. The number of urea groups is 1. The summed E-state index contributed by atoms with van der Waals surface area (Å²) in [7, 11) is 0. The zero-order valence-electron chi connectivity index (χ0n) is 17.9. The standard InChI is InChI=1S/C23H18N4O6S2/c24-22(32)27-19(30)16-15(12-8-4-5-9-13(12)28)18-21(34-17(16)20(27)31)26(23(33)35-18)10-14(29)25-11-6-2-1-3-7-11/h1-9,15-17,28H,10H2,(H2,24,32)(H,25,29)/t15-,16?,17?/m0/s1. The number of benzene rings is 2. The van der Waals surface area contributed by atoms with Crippen LogP contribution in [0.3, 0.4) is 0 Å². The van der Waals surface area contributed by atoms with Crippen molar-refractivity contribution in [3.8, 4) is 5.75 Å². The largest absolute Gasteiger partial charge is 0.508 e.